The molecule has 0 aliphatic carbocycles. The Balaban J connectivity index is 1.65. The van der Waals surface area contributed by atoms with Gasteiger partial charge in [-0.25, -0.2) is 4.68 Å². The van der Waals surface area contributed by atoms with Crippen LogP contribution >= 0.6 is 0 Å². The molecule has 206 valence electrons. The number of ether oxygens (including phenoxy) is 2. The highest BCUT2D eigenvalue weighted by Crippen LogP contribution is 2.32. The van der Waals surface area contributed by atoms with Crippen LogP contribution in [0.2, 0.25) is 0 Å². The topological polar surface area (TPSA) is 98.2 Å². The number of nitrogens with zero attached hydrogens (tertiary/aromatic N) is 5. The van der Waals surface area contributed by atoms with Crippen LogP contribution in [0.5, 0.6) is 5.75 Å². The van der Waals surface area contributed by atoms with E-state index < -0.39 is 6.04 Å². The molecular formula is C30H38N6O3. The number of pyridine rings is 1. The van der Waals surface area contributed by atoms with E-state index in [-0.39, 0.29) is 17.2 Å². The van der Waals surface area contributed by atoms with Crippen molar-refractivity contribution in [2.75, 3.05) is 19.8 Å². The Labute approximate surface area is 229 Å². The minimum atomic E-state index is -0.496. The van der Waals surface area contributed by atoms with Crippen molar-refractivity contribution < 1.29 is 9.47 Å². The molecule has 2 aromatic heterocycles. The second-order valence-corrected chi connectivity index (χ2v) is 11.3. The highest BCUT2D eigenvalue weighted by atomic mass is 16.5. The molecular weight excluding hydrogens is 492 g/mol. The SMILES string of the molecule is CCOc1ccc(CN(C[C@H]2CCCO2)[C@@H](c2cc3ccc(C)cc3[nH]c2=O)c2nnnn2C(C)(C)C)cc1. The molecule has 9 heteroatoms. The van der Waals surface area contributed by atoms with Crippen LogP contribution in [-0.2, 0) is 16.8 Å². The standard InChI is InChI=1S/C30H38N6O3/c1-6-38-23-13-10-21(11-14-23)18-35(19-24-8-7-15-39-24)27(28-32-33-34-36(28)30(3,4)5)25-17-22-12-9-20(2)16-26(22)31-29(25)37/h9-14,16-17,24,27H,6-8,15,18-19H2,1-5H3,(H,31,37)/t24-,27+/m1/s1. The van der Waals surface area contributed by atoms with Crippen molar-refractivity contribution in [3.8, 4) is 5.75 Å². The summed E-state index contributed by atoms with van der Waals surface area (Å²) >= 11 is 0. The van der Waals surface area contributed by atoms with Gasteiger partial charge >= 0.3 is 0 Å². The van der Waals surface area contributed by atoms with Crippen LogP contribution in [0.1, 0.15) is 69.1 Å². The van der Waals surface area contributed by atoms with Crippen molar-refractivity contribution in [1.29, 1.82) is 0 Å². The maximum atomic E-state index is 13.7. The molecule has 39 heavy (non-hydrogen) atoms. The molecule has 4 aromatic rings. The van der Waals surface area contributed by atoms with Crippen LogP contribution < -0.4 is 10.3 Å². The van der Waals surface area contributed by atoms with Gasteiger partial charge in [-0.05, 0) is 98.7 Å². The number of hydrogen-bond acceptors (Lipinski definition) is 7. The first-order valence-electron chi connectivity index (χ1n) is 13.7. The van der Waals surface area contributed by atoms with Crippen molar-refractivity contribution in [3.05, 3.63) is 81.4 Å². The molecule has 0 amide bonds. The molecule has 0 unspecified atom stereocenters. The third-order valence-corrected chi connectivity index (χ3v) is 7.15. The van der Waals surface area contributed by atoms with Gasteiger partial charge in [0.1, 0.15) is 11.8 Å². The van der Waals surface area contributed by atoms with Crippen LogP contribution in [0.15, 0.2) is 53.3 Å². The zero-order chi connectivity index (χ0) is 27.6. The summed E-state index contributed by atoms with van der Waals surface area (Å²) in [6, 6.07) is 15.7. The van der Waals surface area contributed by atoms with Crippen LogP contribution in [0.3, 0.4) is 0 Å². The molecule has 1 fully saturated rings. The first-order valence-corrected chi connectivity index (χ1v) is 13.7. The summed E-state index contributed by atoms with van der Waals surface area (Å²) in [5.41, 5.74) is 3.09. The highest BCUT2D eigenvalue weighted by molar-refractivity contribution is 5.79. The van der Waals surface area contributed by atoms with Gasteiger partial charge in [0, 0.05) is 30.8 Å². The lowest BCUT2D eigenvalue weighted by molar-refractivity contribution is 0.0564. The monoisotopic (exact) mass is 530 g/mol. The predicted molar refractivity (Wildman–Crippen MR) is 151 cm³/mol. The van der Waals surface area contributed by atoms with Crippen molar-refractivity contribution in [3.63, 3.8) is 0 Å². The van der Waals surface area contributed by atoms with Gasteiger partial charge in [0.05, 0.1) is 18.2 Å². The number of H-pyrrole nitrogens is 1. The minimum absolute atomic E-state index is 0.0661. The van der Waals surface area contributed by atoms with Gasteiger partial charge in [-0.2, -0.15) is 0 Å². The summed E-state index contributed by atoms with van der Waals surface area (Å²) in [5.74, 6) is 1.46. The van der Waals surface area contributed by atoms with Crippen LogP contribution in [0, 0.1) is 6.92 Å². The van der Waals surface area contributed by atoms with Gasteiger partial charge < -0.3 is 14.5 Å². The minimum Gasteiger partial charge on any atom is -0.494 e. The fourth-order valence-electron chi connectivity index (χ4n) is 5.28. The van der Waals surface area contributed by atoms with Crippen LogP contribution in [0.4, 0.5) is 0 Å². The number of hydrogen-bond donors (Lipinski definition) is 1. The molecule has 0 radical (unpaired) electrons. The second-order valence-electron chi connectivity index (χ2n) is 11.3. The van der Waals surface area contributed by atoms with Gasteiger partial charge in [-0.3, -0.25) is 9.69 Å². The number of aromatic amines is 1. The zero-order valence-corrected chi connectivity index (χ0v) is 23.5. The fraction of sp³-hybridized carbons (Fsp3) is 0.467. The quantitative estimate of drug-likeness (QED) is 0.334. The first kappa shape index (κ1) is 27.0. The molecule has 3 heterocycles. The Morgan fingerprint density at radius 2 is 1.97 bits per heavy atom. The van der Waals surface area contributed by atoms with E-state index in [0.717, 1.165) is 47.2 Å². The van der Waals surface area contributed by atoms with Crippen LogP contribution in [-0.4, -0.2) is 56.0 Å². The fourth-order valence-corrected chi connectivity index (χ4v) is 5.28. The Morgan fingerprint density at radius 3 is 2.67 bits per heavy atom. The summed E-state index contributed by atoms with van der Waals surface area (Å²) in [6.45, 7) is 12.8. The largest absolute Gasteiger partial charge is 0.494 e. The van der Waals surface area contributed by atoms with E-state index in [1.165, 1.54) is 0 Å². The van der Waals surface area contributed by atoms with Gasteiger partial charge in [-0.15, -0.1) is 5.10 Å². The number of tetrazole rings is 1. The molecule has 0 saturated carbocycles. The molecule has 1 aliphatic rings. The van der Waals surface area contributed by atoms with E-state index in [1.807, 2.05) is 48.9 Å². The predicted octanol–water partition coefficient (Wildman–Crippen LogP) is 4.75. The molecule has 1 aliphatic heterocycles. The van der Waals surface area contributed by atoms with Crippen molar-refractivity contribution in [2.24, 2.45) is 0 Å². The number of fused-ring (bicyclic) bond motifs is 1. The number of aromatic nitrogens is 5. The summed E-state index contributed by atoms with van der Waals surface area (Å²) < 4.78 is 13.6. The van der Waals surface area contributed by atoms with E-state index in [9.17, 15) is 4.79 Å². The van der Waals surface area contributed by atoms with Gasteiger partial charge in [-0.1, -0.05) is 24.3 Å². The molecule has 5 rings (SSSR count). The normalized spacial score (nSPS) is 16.7. The zero-order valence-electron chi connectivity index (χ0n) is 23.5. The van der Waals surface area contributed by atoms with E-state index in [4.69, 9.17) is 9.47 Å². The molecule has 2 atom stereocenters. The van der Waals surface area contributed by atoms with Crippen LogP contribution in [0.25, 0.3) is 10.9 Å². The summed E-state index contributed by atoms with van der Waals surface area (Å²) in [5, 5.41) is 13.9. The van der Waals surface area contributed by atoms with E-state index in [0.29, 0.717) is 31.1 Å². The average Bonchev–Trinajstić information content (AvgIpc) is 3.58. The highest BCUT2D eigenvalue weighted by Gasteiger charge is 2.35. The Morgan fingerprint density at radius 1 is 1.18 bits per heavy atom. The molecule has 1 N–H and O–H groups in total. The lowest BCUT2D eigenvalue weighted by Gasteiger charge is -2.34. The van der Waals surface area contributed by atoms with E-state index >= 15 is 0 Å². The number of rotatable bonds is 9. The third-order valence-electron chi connectivity index (χ3n) is 7.15. The number of benzene rings is 2. The van der Waals surface area contributed by atoms with Crippen molar-refractivity contribution in [2.45, 2.75) is 71.7 Å². The number of nitrogens with one attached hydrogen (secondary N) is 1. The maximum Gasteiger partial charge on any atom is 0.253 e. The first-order chi connectivity index (χ1) is 18.7. The Kier molecular flexibility index (Phi) is 7.81. The third kappa shape index (κ3) is 6.04. The second kappa shape index (κ2) is 11.3. The average molecular weight is 531 g/mol. The Hall–Kier alpha value is -3.56. The van der Waals surface area contributed by atoms with Crippen molar-refractivity contribution in [1.82, 2.24) is 30.1 Å². The molecule has 0 bridgehead atoms. The van der Waals surface area contributed by atoms with E-state index in [1.54, 1.807) is 0 Å². The molecule has 0 spiro atoms. The summed E-state index contributed by atoms with van der Waals surface area (Å²) in [7, 11) is 0. The lowest BCUT2D eigenvalue weighted by atomic mass is 10.00. The lowest BCUT2D eigenvalue weighted by Crippen LogP contribution is -2.40. The Bertz CT molecular complexity index is 1460. The maximum absolute atomic E-state index is 13.7. The number of aryl methyl sites for hydroxylation is 1. The van der Waals surface area contributed by atoms with Crippen molar-refractivity contribution >= 4 is 10.9 Å². The van der Waals surface area contributed by atoms with Gasteiger partial charge in [0.25, 0.3) is 5.56 Å². The van der Waals surface area contributed by atoms with Gasteiger partial charge in [0.15, 0.2) is 5.82 Å². The summed E-state index contributed by atoms with van der Waals surface area (Å²) in [6.07, 6.45) is 2.07. The molecule has 2 aromatic carbocycles. The van der Waals surface area contributed by atoms with Gasteiger partial charge in [0.2, 0.25) is 0 Å². The molecule has 9 nitrogen and oxygen atoms in total. The summed E-state index contributed by atoms with van der Waals surface area (Å²) in [4.78, 5) is 19.2. The molecule has 1 saturated heterocycles. The smallest absolute Gasteiger partial charge is 0.253 e. The van der Waals surface area contributed by atoms with E-state index in [2.05, 4.69) is 64.4 Å².